The molecule has 0 aliphatic heterocycles. The molecule has 0 fully saturated rings. The molecule has 0 saturated heterocycles. The van der Waals surface area contributed by atoms with Gasteiger partial charge in [0.15, 0.2) is 0 Å². The van der Waals surface area contributed by atoms with Crippen LogP contribution in [0, 0.1) is 0 Å². The molecule has 1 aromatic rings. The number of hydrazine groups is 1. The third-order valence-corrected chi connectivity index (χ3v) is 3.03. The second-order valence-electron chi connectivity index (χ2n) is 3.63. The Morgan fingerprint density at radius 2 is 2.12 bits per heavy atom. The summed E-state index contributed by atoms with van der Waals surface area (Å²) in [6.45, 7) is 2.13. The smallest absolute Gasteiger partial charge is 0.210 e. The summed E-state index contributed by atoms with van der Waals surface area (Å²) >= 11 is 1.79. The third kappa shape index (κ3) is 5.10. The van der Waals surface area contributed by atoms with Crippen molar-refractivity contribution in [2.24, 2.45) is 10.8 Å². The molecule has 0 amide bonds. The number of hydrogen-bond donors (Lipinski definition) is 3. The molecule has 0 radical (unpaired) electrons. The molecule has 1 aromatic carbocycles. The van der Waals surface area contributed by atoms with Gasteiger partial charge in [0.1, 0.15) is 0 Å². The van der Waals surface area contributed by atoms with Gasteiger partial charge < -0.3 is 5.32 Å². The fourth-order valence-corrected chi connectivity index (χ4v) is 2.08. The van der Waals surface area contributed by atoms with Gasteiger partial charge in [0.2, 0.25) is 5.96 Å². The summed E-state index contributed by atoms with van der Waals surface area (Å²) in [6, 6.07) is 10.1. The number of anilines is 1. The van der Waals surface area contributed by atoms with Crippen molar-refractivity contribution in [2.45, 2.75) is 19.4 Å². The predicted molar refractivity (Wildman–Crippen MR) is 77.3 cm³/mol. The normalized spacial score (nSPS) is 13.2. The van der Waals surface area contributed by atoms with E-state index in [2.05, 4.69) is 28.9 Å². The maximum atomic E-state index is 5.47. The molecule has 5 heteroatoms. The Labute approximate surface area is 107 Å². The highest BCUT2D eigenvalue weighted by molar-refractivity contribution is 7.98. The lowest BCUT2D eigenvalue weighted by molar-refractivity contribution is 0.720. The molecule has 1 rings (SSSR count). The number of para-hydroxylation sites is 1. The first-order chi connectivity index (χ1) is 8.30. The number of nitrogens with two attached hydrogens (primary N) is 1. The molecule has 0 aromatic heterocycles. The first-order valence-corrected chi connectivity index (χ1v) is 7.05. The lowest BCUT2D eigenvalue weighted by Gasteiger charge is -2.13. The van der Waals surface area contributed by atoms with Gasteiger partial charge in [-0.05, 0) is 24.8 Å². The summed E-state index contributed by atoms with van der Waals surface area (Å²) in [7, 11) is 0. The summed E-state index contributed by atoms with van der Waals surface area (Å²) in [4.78, 5) is 4.55. The van der Waals surface area contributed by atoms with E-state index in [1.807, 2.05) is 30.3 Å². The standard InChI is InChI=1S/C12H20N4S/c1-3-10(9-17-2)14-12(16-13)15-11-7-5-4-6-8-11/h4-8,10H,3,9,13H2,1-2H3,(H2,14,15,16). The molecule has 0 spiro atoms. The van der Waals surface area contributed by atoms with Gasteiger partial charge in [-0.1, -0.05) is 25.1 Å². The maximum Gasteiger partial charge on any atom is 0.210 e. The van der Waals surface area contributed by atoms with Gasteiger partial charge >= 0.3 is 0 Å². The second-order valence-corrected chi connectivity index (χ2v) is 4.54. The minimum Gasteiger partial charge on any atom is -0.325 e. The van der Waals surface area contributed by atoms with Crippen LogP contribution in [0.5, 0.6) is 0 Å². The zero-order valence-electron chi connectivity index (χ0n) is 10.3. The van der Waals surface area contributed by atoms with Crippen LogP contribution in [0.1, 0.15) is 13.3 Å². The summed E-state index contributed by atoms with van der Waals surface area (Å²) in [5, 5.41) is 3.16. The van der Waals surface area contributed by atoms with Gasteiger partial charge in [-0.25, -0.2) is 10.8 Å². The fraction of sp³-hybridized carbons (Fsp3) is 0.417. The Morgan fingerprint density at radius 3 is 2.65 bits per heavy atom. The monoisotopic (exact) mass is 252 g/mol. The molecule has 0 bridgehead atoms. The van der Waals surface area contributed by atoms with Crippen LogP contribution in [0.3, 0.4) is 0 Å². The van der Waals surface area contributed by atoms with Gasteiger partial charge in [0, 0.05) is 11.4 Å². The third-order valence-electron chi connectivity index (χ3n) is 2.32. The van der Waals surface area contributed by atoms with Crippen LogP contribution in [0.2, 0.25) is 0 Å². The van der Waals surface area contributed by atoms with E-state index < -0.39 is 0 Å². The van der Waals surface area contributed by atoms with Gasteiger partial charge in [-0.15, -0.1) is 0 Å². The highest BCUT2D eigenvalue weighted by atomic mass is 32.2. The van der Waals surface area contributed by atoms with Crippen molar-refractivity contribution in [3.05, 3.63) is 30.3 Å². The Bertz CT molecular complexity index is 340. The average Bonchev–Trinajstić information content (AvgIpc) is 2.38. The van der Waals surface area contributed by atoms with Gasteiger partial charge in [0.05, 0.1) is 6.04 Å². The van der Waals surface area contributed by atoms with E-state index in [1.54, 1.807) is 11.8 Å². The molecule has 94 valence electrons. The number of nitrogens with one attached hydrogen (secondary N) is 2. The zero-order valence-corrected chi connectivity index (χ0v) is 11.1. The predicted octanol–water partition coefficient (Wildman–Crippen LogP) is 2.06. The lowest BCUT2D eigenvalue weighted by atomic mass is 10.3. The van der Waals surface area contributed by atoms with Crippen LogP contribution in [-0.4, -0.2) is 24.0 Å². The number of hydrogen-bond acceptors (Lipinski definition) is 3. The number of benzene rings is 1. The average molecular weight is 252 g/mol. The Morgan fingerprint density at radius 1 is 1.41 bits per heavy atom. The van der Waals surface area contributed by atoms with Gasteiger partial charge in [-0.2, -0.15) is 11.8 Å². The van der Waals surface area contributed by atoms with Crippen molar-refractivity contribution in [3.8, 4) is 0 Å². The molecule has 0 heterocycles. The van der Waals surface area contributed by atoms with E-state index in [0.29, 0.717) is 5.96 Å². The molecular formula is C12H20N4S. The highest BCUT2D eigenvalue weighted by Gasteiger charge is 2.05. The van der Waals surface area contributed by atoms with Crippen LogP contribution >= 0.6 is 11.8 Å². The largest absolute Gasteiger partial charge is 0.325 e. The number of guanidine groups is 1. The zero-order chi connectivity index (χ0) is 12.5. The quantitative estimate of drug-likeness (QED) is 0.325. The summed E-state index contributed by atoms with van der Waals surface area (Å²) in [6.07, 6.45) is 3.08. The summed E-state index contributed by atoms with van der Waals surface area (Å²) in [5.74, 6) is 7.08. The minimum absolute atomic E-state index is 0.285. The lowest BCUT2D eigenvalue weighted by Crippen LogP contribution is -2.37. The molecule has 17 heavy (non-hydrogen) atoms. The highest BCUT2D eigenvalue weighted by Crippen LogP contribution is 2.08. The van der Waals surface area contributed by atoms with Crippen molar-refractivity contribution in [1.82, 2.24) is 5.43 Å². The van der Waals surface area contributed by atoms with Crippen LogP contribution in [0.4, 0.5) is 5.69 Å². The van der Waals surface area contributed by atoms with E-state index in [1.165, 1.54) is 0 Å². The van der Waals surface area contributed by atoms with E-state index in [-0.39, 0.29) is 6.04 Å². The van der Waals surface area contributed by atoms with E-state index in [9.17, 15) is 0 Å². The molecule has 1 unspecified atom stereocenters. The molecule has 4 nitrogen and oxygen atoms in total. The van der Waals surface area contributed by atoms with Crippen molar-refractivity contribution in [2.75, 3.05) is 17.3 Å². The number of aliphatic imine (C=N–C) groups is 1. The number of thioether (sulfide) groups is 1. The van der Waals surface area contributed by atoms with E-state index in [0.717, 1.165) is 17.9 Å². The first kappa shape index (κ1) is 13.9. The topological polar surface area (TPSA) is 62.4 Å². The fourth-order valence-electron chi connectivity index (χ4n) is 1.39. The molecular weight excluding hydrogens is 232 g/mol. The van der Waals surface area contributed by atoms with Crippen LogP contribution in [-0.2, 0) is 0 Å². The minimum atomic E-state index is 0.285. The Kier molecular flexibility index (Phi) is 6.50. The Balaban J connectivity index is 2.67. The van der Waals surface area contributed by atoms with Crippen LogP contribution in [0.25, 0.3) is 0 Å². The van der Waals surface area contributed by atoms with Crippen molar-refractivity contribution >= 4 is 23.4 Å². The molecule has 0 aliphatic carbocycles. The number of rotatable bonds is 5. The Hall–Kier alpha value is -1.20. The second kappa shape index (κ2) is 7.97. The van der Waals surface area contributed by atoms with Crippen molar-refractivity contribution < 1.29 is 0 Å². The first-order valence-electron chi connectivity index (χ1n) is 5.65. The molecule has 1 atom stereocenters. The maximum absolute atomic E-state index is 5.47. The SMILES string of the molecule is CCC(CSC)N=C(NN)Nc1ccccc1. The number of nitrogens with zero attached hydrogens (tertiary/aromatic N) is 1. The molecule has 4 N–H and O–H groups in total. The van der Waals surface area contributed by atoms with Crippen LogP contribution < -0.4 is 16.6 Å². The summed E-state index contributed by atoms with van der Waals surface area (Å²) < 4.78 is 0. The van der Waals surface area contributed by atoms with Crippen LogP contribution in [0.15, 0.2) is 35.3 Å². The van der Waals surface area contributed by atoms with Crippen molar-refractivity contribution in [1.29, 1.82) is 0 Å². The molecule has 0 saturated carbocycles. The van der Waals surface area contributed by atoms with Crippen molar-refractivity contribution in [3.63, 3.8) is 0 Å². The van der Waals surface area contributed by atoms with Gasteiger partial charge in [0.25, 0.3) is 0 Å². The van der Waals surface area contributed by atoms with E-state index >= 15 is 0 Å². The molecule has 0 aliphatic rings. The van der Waals surface area contributed by atoms with Gasteiger partial charge in [-0.3, -0.25) is 5.43 Å². The summed E-state index contributed by atoms with van der Waals surface area (Å²) in [5.41, 5.74) is 3.58. The van der Waals surface area contributed by atoms with E-state index in [4.69, 9.17) is 5.84 Å².